The fourth-order valence-corrected chi connectivity index (χ4v) is 3.27. The Hall–Kier alpha value is -1.93. The maximum Gasteiger partial charge on any atom is 0.292 e. The second-order valence-electron chi connectivity index (χ2n) is 6.07. The molecule has 2 aliphatic heterocycles. The number of carbonyl (C=O) groups excluding carboxylic acids is 2. The number of carbonyl (C=O) groups is 2. The molecule has 2 amide bonds. The van der Waals surface area contributed by atoms with E-state index in [1.165, 1.54) is 12.3 Å². The molecule has 0 aromatic carbocycles. The van der Waals surface area contributed by atoms with Crippen molar-refractivity contribution in [2.45, 2.75) is 18.9 Å². The summed E-state index contributed by atoms with van der Waals surface area (Å²) in [6.45, 7) is 3.63. The molecule has 23 heavy (non-hydrogen) atoms. The molecule has 0 bridgehead atoms. The zero-order valence-corrected chi connectivity index (χ0v) is 13.0. The lowest BCUT2D eigenvalue weighted by Crippen LogP contribution is -2.44. The number of nitrogens with two attached hydrogens (primary N) is 1. The molecule has 0 radical (unpaired) electrons. The Labute approximate surface area is 134 Å². The SMILES string of the molecule is NC(=O)[C@@H]1CN(C(=O)c2ccno2)CCN(C2CCOCC2)C1. The van der Waals surface area contributed by atoms with Crippen LogP contribution in [-0.4, -0.2) is 72.2 Å². The summed E-state index contributed by atoms with van der Waals surface area (Å²) in [6, 6.07) is 1.91. The molecule has 3 heterocycles. The third kappa shape index (κ3) is 3.70. The minimum Gasteiger partial charge on any atom is -0.381 e. The topological polar surface area (TPSA) is 102 Å². The van der Waals surface area contributed by atoms with Crippen molar-refractivity contribution in [2.75, 3.05) is 39.4 Å². The smallest absolute Gasteiger partial charge is 0.292 e. The van der Waals surface area contributed by atoms with Crippen molar-refractivity contribution in [3.8, 4) is 0 Å². The molecule has 8 nitrogen and oxygen atoms in total. The van der Waals surface area contributed by atoms with Gasteiger partial charge in [0.2, 0.25) is 11.7 Å². The second-order valence-corrected chi connectivity index (χ2v) is 6.07. The Morgan fingerprint density at radius 1 is 1.22 bits per heavy atom. The number of ether oxygens (including phenoxy) is 1. The van der Waals surface area contributed by atoms with Crippen molar-refractivity contribution in [3.63, 3.8) is 0 Å². The van der Waals surface area contributed by atoms with Crippen LogP contribution in [0.5, 0.6) is 0 Å². The molecular formula is C15H22N4O4. The molecule has 0 aliphatic carbocycles. The number of rotatable bonds is 3. The van der Waals surface area contributed by atoms with Crippen LogP contribution in [0.25, 0.3) is 0 Å². The highest BCUT2D eigenvalue weighted by Gasteiger charge is 2.33. The van der Waals surface area contributed by atoms with Crippen LogP contribution in [0.2, 0.25) is 0 Å². The minimum absolute atomic E-state index is 0.188. The van der Waals surface area contributed by atoms with Crippen molar-refractivity contribution in [2.24, 2.45) is 11.7 Å². The third-order valence-electron chi connectivity index (χ3n) is 4.60. The average Bonchev–Trinajstić information content (AvgIpc) is 3.00. The lowest BCUT2D eigenvalue weighted by Gasteiger charge is -2.34. The Kier molecular flexibility index (Phi) is 4.92. The van der Waals surface area contributed by atoms with Gasteiger partial charge in [0, 0.05) is 51.5 Å². The fourth-order valence-electron chi connectivity index (χ4n) is 3.27. The van der Waals surface area contributed by atoms with E-state index in [0.29, 0.717) is 32.2 Å². The van der Waals surface area contributed by atoms with Gasteiger partial charge in [-0.3, -0.25) is 14.5 Å². The maximum absolute atomic E-state index is 12.5. The van der Waals surface area contributed by atoms with Gasteiger partial charge in [0.1, 0.15) is 0 Å². The average molecular weight is 322 g/mol. The molecule has 1 aromatic rings. The molecule has 8 heteroatoms. The molecule has 2 aliphatic rings. The van der Waals surface area contributed by atoms with Crippen LogP contribution in [0.1, 0.15) is 23.4 Å². The zero-order chi connectivity index (χ0) is 16.2. The summed E-state index contributed by atoms with van der Waals surface area (Å²) < 4.78 is 10.3. The van der Waals surface area contributed by atoms with Crippen LogP contribution in [0.4, 0.5) is 0 Å². The van der Waals surface area contributed by atoms with Gasteiger partial charge in [0.05, 0.1) is 12.1 Å². The Morgan fingerprint density at radius 2 is 2.00 bits per heavy atom. The molecule has 2 saturated heterocycles. The van der Waals surface area contributed by atoms with Crippen LogP contribution in [0.3, 0.4) is 0 Å². The zero-order valence-electron chi connectivity index (χ0n) is 13.0. The van der Waals surface area contributed by atoms with Crippen LogP contribution >= 0.6 is 0 Å². The molecule has 1 atom stereocenters. The summed E-state index contributed by atoms with van der Waals surface area (Å²) >= 11 is 0. The van der Waals surface area contributed by atoms with Crippen molar-refractivity contribution >= 4 is 11.8 Å². The van der Waals surface area contributed by atoms with Gasteiger partial charge in [0.15, 0.2) is 0 Å². The largest absolute Gasteiger partial charge is 0.381 e. The molecule has 2 N–H and O–H groups in total. The number of aromatic nitrogens is 1. The highest BCUT2D eigenvalue weighted by Crippen LogP contribution is 2.20. The van der Waals surface area contributed by atoms with E-state index in [9.17, 15) is 9.59 Å². The summed E-state index contributed by atoms with van der Waals surface area (Å²) in [7, 11) is 0. The van der Waals surface area contributed by atoms with Crippen molar-refractivity contribution in [1.82, 2.24) is 15.0 Å². The lowest BCUT2D eigenvalue weighted by molar-refractivity contribution is -0.122. The van der Waals surface area contributed by atoms with Gasteiger partial charge in [-0.2, -0.15) is 0 Å². The first-order valence-corrected chi connectivity index (χ1v) is 7.96. The minimum atomic E-state index is -0.382. The molecule has 3 rings (SSSR count). The quantitative estimate of drug-likeness (QED) is 0.821. The predicted molar refractivity (Wildman–Crippen MR) is 80.5 cm³/mol. The van der Waals surface area contributed by atoms with Gasteiger partial charge in [-0.25, -0.2) is 0 Å². The first-order chi connectivity index (χ1) is 11.1. The van der Waals surface area contributed by atoms with E-state index in [1.54, 1.807) is 4.90 Å². The van der Waals surface area contributed by atoms with E-state index in [-0.39, 0.29) is 23.5 Å². The standard InChI is InChI=1S/C15H22N4O4/c16-14(20)11-9-18(12-2-7-22-8-3-12)5-6-19(10-11)15(21)13-1-4-17-23-13/h1,4,11-12H,2-3,5-10H2,(H2,16,20)/t11-/m0/s1. The molecular weight excluding hydrogens is 300 g/mol. The summed E-state index contributed by atoms with van der Waals surface area (Å²) in [5.41, 5.74) is 5.55. The lowest BCUT2D eigenvalue weighted by atomic mass is 10.0. The monoisotopic (exact) mass is 322 g/mol. The predicted octanol–water partition coefficient (Wildman–Crippen LogP) is -0.287. The molecule has 0 saturated carbocycles. The van der Waals surface area contributed by atoms with Gasteiger partial charge < -0.3 is 19.9 Å². The molecule has 0 unspecified atom stereocenters. The van der Waals surface area contributed by atoms with E-state index < -0.39 is 0 Å². The molecule has 126 valence electrons. The molecule has 0 spiro atoms. The summed E-state index contributed by atoms with van der Waals surface area (Å²) in [6.07, 6.45) is 3.33. The van der Waals surface area contributed by atoms with Crippen LogP contribution in [0.15, 0.2) is 16.8 Å². The highest BCUT2D eigenvalue weighted by molar-refractivity contribution is 5.91. The van der Waals surface area contributed by atoms with E-state index in [1.807, 2.05) is 0 Å². The number of hydrogen-bond acceptors (Lipinski definition) is 6. The summed E-state index contributed by atoms with van der Waals surface area (Å²) in [5.74, 6) is -0.818. The van der Waals surface area contributed by atoms with Gasteiger partial charge in [-0.15, -0.1) is 0 Å². The van der Waals surface area contributed by atoms with Gasteiger partial charge in [0.25, 0.3) is 5.91 Å². The van der Waals surface area contributed by atoms with Crippen molar-refractivity contribution < 1.29 is 18.8 Å². The fraction of sp³-hybridized carbons (Fsp3) is 0.667. The van der Waals surface area contributed by atoms with E-state index in [2.05, 4.69) is 10.1 Å². The Balaban J connectivity index is 1.72. The molecule has 2 fully saturated rings. The summed E-state index contributed by atoms with van der Waals surface area (Å²) in [4.78, 5) is 28.2. The summed E-state index contributed by atoms with van der Waals surface area (Å²) in [5, 5.41) is 3.57. The first-order valence-electron chi connectivity index (χ1n) is 7.96. The number of nitrogens with zero attached hydrogens (tertiary/aromatic N) is 3. The van der Waals surface area contributed by atoms with E-state index in [4.69, 9.17) is 15.0 Å². The number of primary amides is 1. The van der Waals surface area contributed by atoms with E-state index in [0.717, 1.165) is 26.1 Å². The number of hydrogen-bond donors (Lipinski definition) is 1. The molecule has 1 aromatic heterocycles. The Bertz CT molecular complexity index is 542. The number of amides is 2. The van der Waals surface area contributed by atoms with Gasteiger partial charge in [-0.05, 0) is 12.8 Å². The second kappa shape index (κ2) is 7.10. The van der Waals surface area contributed by atoms with Crippen LogP contribution in [0, 0.1) is 5.92 Å². The maximum atomic E-state index is 12.5. The van der Waals surface area contributed by atoms with Gasteiger partial charge >= 0.3 is 0 Å². The first kappa shape index (κ1) is 15.9. The highest BCUT2D eigenvalue weighted by atomic mass is 16.5. The normalized spacial score (nSPS) is 24.3. The Morgan fingerprint density at radius 3 is 2.65 bits per heavy atom. The van der Waals surface area contributed by atoms with E-state index >= 15 is 0 Å². The van der Waals surface area contributed by atoms with Crippen molar-refractivity contribution in [1.29, 1.82) is 0 Å². The van der Waals surface area contributed by atoms with Gasteiger partial charge in [-0.1, -0.05) is 5.16 Å². The van der Waals surface area contributed by atoms with Crippen molar-refractivity contribution in [3.05, 3.63) is 18.0 Å². The van der Waals surface area contributed by atoms with Crippen LogP contribution in [-0.2, 0) is 9.53 Å². The third-order valence-corrected chi connectivity index (χ3v) is 4.60. The van der Waals surface area contributed by atoms with Crippen LogP contribution < -0.4 is 5.73 Å².